The summed E-state index contributed by atoms with van der Waals surface area (Å²) in [6, 6.07) is 13.0. The number of amides is 1. The van der Waals surface area contributed by atoms with E-state index < -0.39 is 27.3 Å². The molecule has 0 aromatic heterocycles. The molecule has 0 heterocycles. The second-order valence-electron chi connectivity index (χ2n) is 7.34. The summed E-state index contributed by atoms with van der Waals surface area (Å²) in [6.07, 6.45) is 3.17. The first-order valence-electron chi connectivity index (χ1n) is 9.52. The van der Waals surface area contributed by atoms with E-state index in [9.17, 15) is 18.0 Å². The predicted octanol–water partition coefficient (Wildman–Crippen LogP) is 2.66. The van der Waals surface area contributed by atoms with Crippen LogP contribution in [0.1, 0.15) is 36.8 Å². The van der Waals surface area contributed by atoms with Gasteiger partial charge < -0.3 is 10.1 Å². The summed E-state index contributed by atoms with van der Waals surface area (Å²) in [7, 11) is -3.76. The van der Waals surface area contributed by atoms with Crippen LogP contribution in [-0.4, -0.2) is 26.9 Å². The number of benzene rings is 2. The lowest BCUT2D eigenvalue weighted by Gasteiger charge is -2.27. The molecule has 0 spiro atoms. The Hall–Kier alpha value is -2.42. The number of rotatable bonds is 7. The number of hydrogen-bond acceptors (Lipinski definition) is 5. The first-order chi connectivity index (χ1) is 14.2. The number of primary sulfonamides is 1. The van der Waals surface area contributed by atoms with Gasteiger partial charge in [0.2, 0.25) is 10.0 Å². The van der Waals surface area contributed by atoms with E-state index in [0.717, 1.165) is 18.4 Å². The average molecular weight is 451 g/mol. The standard InChI is InChI=1S/C21H23ClN2O5S/c22-17-7-5-16(6-8-17)21(11-1-2-12-21)20(26)29-14-19(25)24-13-15-3-9-18(10-4-15)30(23,27)28/h3-10H,1-2,11-14H2,(H,24,25)(H2,23,27,28). The van der Waals surface area contributed by atoms with E-state index in [1.165, 1.54) is 12.1 Å². The second-order valence-corrected chi connectivity index (χ2v) is 9.34. The Kier molecular flexibility index (Phi) is 6.80. The van der Waals surface area contributed by atoms with Crippen molar-refractivity contribution in [3.8, 4) is 0 Å². The molecule has 1 fully saturated rings. The number of halogens is 1. The monoisotopic (exact) mass is 450 g/mol. The third-order valence-corrected chi connectivity index (χ3v) is 6.50. The van der Waals surface area contributed by atoms with Gasteiger partial charge in [0.25, 0.3) is 5.91 Å². The maximum absolute atomic E-state index is 12.9. The highest BCUT2D eigenvalue weighted by Gasteiger charge is 2.44. The minimum Gasteiger partial charge on any atom is -0.455 e. The normalized spacial score (nSPS) is 15.5. The Morgan fingerprint density at radius 3 is 2.20 bits per heavy atom. The van der Waals surface area contributed by atoms with Crippen LogP contribution in [0.25, 0.3) is 0 Å². The number of hydrogen-bond donors (Lipinski definition) is 2. The Labute approximate surface area is 180 Å². The highest BCUT2D eigenvalue weighted by Crippen LogP contribution is 2.42. The lowest BCUT2D eigenvalue weighted by molar-refractivity contribution is -0.154. The van der Waals surface area contributed by atoms with Crippen molar-refractivity contribution in [2.24, 2.45) is 5.14 Å². The molecule has 0 saturated heterocycles. The van der Waals surface area contributed by atoms with E-state index in [0.29, 0.717) is 23.4 Å². The molecule has 160 valence electrons. The molecule has 0 radical (unpaired) electrons. The van der Waals surface area contributed by atoms with Gasteiger partial charge >= 0.3 is 5.97 Å². The van der Waals surface area contributed by atoms with Crippen molar-refractivity contribution < 1.29 is 22.7 Å². The van der Waals surface area contributed by atoms with Gasteiger partial charge in [0.05, 0.1) is 10.3 Å². The lowest BCUT2D eigenvalue weighted by atomic mass is 9.79. The SMILES string of the molecule is NS(=O)(=O)c1ccc(CNC(=O)COC(=O)C2(c3ccc(Cl)cc3)CCCC2)cc1. The number of esters is 1. The molecule has 0 atom stereocenters. The van der Waals surface area contributed by atoms with Gasteiger partial charge in [-0.3, -0.25) is 9.59 Å². The molecule has 1 aliphatic carbocycles. The highest BCUT2D eigenvalue weighted by atomic mass is 35.5. The molecule has 0 unspecified atom stereocenters. The van der Waals surface area contributed by atoms with Gasteiger partial charge in [0.1, 0.15) is 0 Å². The van der Waals surface area contributed by atoms with Crippen molar-refractivity contribution >= 4 is 33.5 Å². The Morgan fingerprint density at radius 1 is 1.03 bits per heavy atom. The van der Waals surface area contributed by atoms with Gasteiger partial charge in [-0.2, -0.15) is 0 Å². The van der Waals surface area contributed by atoms with E-state index >= 15 is 0 Å². The molecule has 3 N–H and O–H groups in total. The fourth-order valence-electron chi connectivity index (χ4n) is 3.68. The van der Waals surface area contributed by atoms with Crippen LogP contribution in [0.2, 0.25) is 5.02 Å². The van der Waals surface area contributed by atoms with Gasteiger partial charge in [-0.1, -0.05) is 48.7 Å². The van der Waals surface area contributed by atoms with Crippen LogP contribution in [0.5, 0.6) is 0 Å². The molecule has 2 aromatic rings. The molecule has 0 bridgehead atoms. The number of sulfonamides is 1. The van der Waals surface area contributed by atoms with Crippen molar-refractivity contribution in [1.29, 1.82) is 0 Å². The van der Waals surface area contributed by atoms with Crippen LogP contribution < -0.4 is 10.5 Å². The summed E-state index contributed by atoms with van der Waals surface area (Å²) < 4.78 is 27.9. The molecule has 9 heteroatoms. The van der Waals surface area contributed by atoms with Crippen LogP contribution in [0.4, 0.5) is 0 Å². The summed E-state index contributed by atoms with van der Waals surface area (Å²) in [4.78, 5) is 25.0. The third kappa shape index (κ3) is 5.19. The summed E-state index contributed by atoms with van der Waals surface area (Å²) in [5.41, 5.74) is 0.800. The van der Waals surface area contributed by atoms with E-state index in [-0.39, 0.29) is 18.0 Å². The Morgan fingerprint density at radius 2 is 1.63 bits per heavy atom. The summed E-state index contributed by atoms with van der Waals surface area (Å²) in [5, 5.41) is 8.30. The van der Waals surface area contributed by atoms with Crippen molar-refractivity contribution in [3.05, 3.63) is 64.7 Å². The molecule has 2 aromatic carbocycles. The highest BCUT2D eigenvalue weighted by molar-refractivity contribution is 7.89. The smallest absolute Gasteiger partial charge is 0.317 e. The first-order valence-corrected chi connectivity index (χ1v) is 11.4. The average Bonchev–Trinajstić information content (AvgIpc) is 3.22. The number of carbonyl (C=O) groups excluding carboxylic acids is 2. The zero-order chi connectivity index (χ0) is 21.8. The molecular formula is C21H23ClN2O5S. The molecular weight excluding hydrogens is 428 g/mol. The minimum atomic E-state index is -3.76. The maximum atomic E-state index is 12.9. The van der Waals surface area contributed by atoms with Crippen LogP contribution >= 0.6 is 11.6 Å². The van der Waals surface area contributed by atoms with Crippen LogP contribution in [-0.2, 0) is 36.3 Å². The lowest BCUT2D eigenvalue weighted by Crippen LogP contribution is -2.37. The van der Waals surface area contributed by atoms with Crippen molar-refractivity contribution in [2.75, 3.05) is 6.61 Å². The number of carbonyl (C=O) groups is 2. The second kappa shape index (κ2) is 9.16. The van der Waals surface area contributed by atoms with Crippen molar-refractivity contribution in [2.45, 2.75) is 42.5 Å². The predicted molar refractivity (Wildman–Crippen MR) is 112 cm³/mol. The topological polar surface area (TPSA) is 116 Å². The molecule has 1 saturated carbocycles. The van der Waals surface area contributed by atoms with Gasteiger partial charge in [-0.15, -0.1) is 0 Å². The van der Waals surface area contributed by atoms with Crippen molar-refractivity contribution in [3.63, 3.8) is 0 Å². The fraction of sp³-hybridized carbons (Fsp3) is 0.333. The zero-order valence-electron chi connectivity index (χ0n) is 16.3. The molecule has 30 heavy (non-hydrogen) atoms. The molecule has 1 aliphatic rings. The molecule has 7 nitrogen and oxygen atoms in total. The summed E-state index contributed by atoms with van der Waals surface area (Å²) in [6.45, 7) is -0.215. The molecule has 0 aliphatic heterocycles. The van der Waals surface area contributed by atoms with E-state index in [2.05, 4.69) is 5.32 Å². The number of nitrogens with one attached hydrogen (secondary N) is 1. The third-order valence-electron chi connectivity index (χ3n) is 5.32. The first kappa shape index (κ1) is 22.3. The molecule has 1 amide bonds. The summed E-state index contributed by atoms with van der Waals surface area (Å²) >= 11 is 5.96. The number of nitrogens with two attached hydrogens (primary N) is 1. The maximum Gasteiger partial charge on any atom is 0.317 e. The van der Waals surface area contributed by atoms with Gasteiger partial charge in [0, 0.05) is 11.6 Å². The van der Waals surface area contributed by atoms with Gasteiger partial charge in [0.15, 0.2) is 6.61 Å². The van der Waals surface area contributed by atoms with Crippen LogP contribution in [0.3, 0.4) is 0 Å². The zero-order valence-corrected chi connectivity index (χ0v) is 17.8. The fourth-order valence-corrected chi connectivity index (χ4v) is 4.32. The van der Waals surface area contributed by atoms with E-state index in [1.807, 2.05) is 12.1 Å². The van der Waals surface area contributed by atoms with Crippen LogP contribution in [0.15, 0.2) is 53.4 Å². The van der Waals surface area contributed by atoms with Crippen molar-refractivity contribution in [1.82, 2.24) is 5.32 Å². The Bertz CT molecular complexity index is 1010. The largest absolute Gasteiger partial charge is 0.455 e. The Balaban J connectivity index is 1.55. The van der Waals surface area contributed by atoms with Gasteiger partial charge in [-0.05, 0) is 48.2 Å². The van der Waals surface area contributed by atoms with Crippen LogP contribution in [0, 0.1) is 0 Å². The number of ether oxygens (including phenoxy) is 1. The van der Waals surface area contributed by atoms with Gasteiger partial charge in [-0.25, -0.2) is 13.6 Å². The molecule has 3 rings (SSSR count). The quantitative estimate of drug-likeness (QED) is 0.629. The minimum absolute atomic E-state index is 0.00410. The van der Waals surface area contributed by atoms with E-state index in [4.69, 9.17) is 21.5 Å². The van der Waals surface area contributed by atoms with E-state index in [1.54, 1.807) is 24.3 Å². The summed E-state index contributed by atoms with van der Waals surface area (Å²) in [5.74, 6) is -0.849.